The van der Waals surface area contributed by atoms with Crippen LogP contribution in [-0.2, 0) is 10.2 Å². The zero-order valence-electron chi connectivity index (χ0n) is 17.1. The van der Waals surface area contributed by atoms with Gasteiger partial charge in [0.1, 0.15) is 0 Å². The molecule has 1 fully saturated rings. The normalized spacial score (nSPS) is 14.7. The highest BCUT2D eigenvalue weighted by molar-refractivity contribution is 6.01. The third kappa shape index (κ3) is 4.71. The standard InChI is InChI=1S/C23H29N3O2/c1-16-8-11-19(15-20(16)26-14-6-5-7-21(26)27)25-22(28)24-18-12-9-17(10-13-18)23(2,3)4/h8-13,15H,5-7,14H2,1-4H3,(H2,24,25,28). The van der Waals surface area contributed by atoms with Gasteiger partial charge >= 0.3 is 6.03 Å². The zero-order chi connectivity index (χ0) is 20.3. The highest BCUT2D eigenvalue weighted by Crippen LogP contribution is 2.28. The van der Waals surface area contributed by atoms with Crippen molar-refractivity contribution in [3.05, 3.63) is 53.6 Å². The molecule has 0 bridgehead atoms. The van der Waals surface area contributed by atoms with Gasteiger partial charge in [0, 0.05) is 30.0 Å². The van der Waals surface area contributed by atoms with Gasteiger partial charge in [0.2, 0.25) is 5.91 Å². The molecule has 2 aromatic carbocycles. The third-order valence-electron chi connectivity index (χ3n) is 5.09. The quantitative estimate of drug-likeness (QED) is 0.744. The molecule has 3 rings (SSSR count). The summed E-state index contributed by atoms with van der Waals surface area (Å²) in [5, 5.41) is 5.73. The van der Waals surface area contributed by atoms with Crippen molar-refractivity contribution in [2.45, 2.75) is 52.4 Å². The van der Waals surface area contributed by atoms with Crippen LogP contribution in [0.2, 0.25) is 0 Å². The van der Waals surface area contributed by atoms with E-state index in [9.17, 15) is 9.59 Å². The van der Waals surface area contributed by atoms with Crippen molar-refractivity contribution in [2.24, 2.45) is 0 Å². The second-order valence-electron chi connectivity index (χ2n) is 8.41. The number of carbonyl (C=O) groups excluding carboxylic acids is 2. The second-order valence-corrected chi connectivity index (χ2v) is 8.41. The third-order valence-corrected chi connectivity index (χ3v) is 5.09. The number of benzene rings is 2. The molecule has 28 heavy (non-hydrogen) atoms. The Kier molecular flexibility index (Phi) is 5.73. The first-order valence-corrected chi connectivity index (χ1v) is 9.83. The van der Waals surface area contributed by atoms with Gasteiger partial charge in [0.25, 0.3) is 0 Å². The van der Waals surface area contributed by atoms with Gasteiger partial charge in [0.15, 0.2) is 0 Å². The molecule has 1 aliphatic heterocycles. The molecule has 1 heterocycles. The largest absolute Gasteiger partial charge is 0.323 e. The Balaban J connectivity index is 1.69. The van der Waals surface area contributed by atoms with Gasteiger partial charge in [-0.2, -0.15) is 0 Å². The summed E-state index contributed by atoms with van der Waals surface area (Å²) in [6.07, 6.45) is 2.54. The lowest BCUT2D eigenvalue weighted by molar-refractivity contribution is -0.119. The molecule has 0 saturated carbocycles. The molecule has 0 radical (unpaired) electrons. The van der Waals surface area contributed by atoms with E-state index in [4.69, 9.17) is 0 Å². The Morgan fingerprint density at radius 2 is 1.61 bits per heavy atom. The highest BCUT2D eigenvalue weighted by atomic mass is 16.2. The molecule has 1 aliphatic rings. The lowest BCUT2D eigenvalue weighted by Crippen LogP contribution is -2.35. The fourth-order valence-electron chi connectivity index (χ4n) is 3.39. The van der Waals surface area contributed by atoms with Crippen LogP contribution >= 0.6 is 0 Å². The predicted molar refractivity (Wildman–Crippen MR) is 115 cm³/mol. The number of urea groups is 1. The summed E-state index contributed by atoms with van der Waals surface area (Å²) < 4.78 is 0. The van der Waals surface area contributed by atoms with E-state index < -0.39 is 0 Å². The van der Waals surface area contributed by atoms with Crippen molar-refractivity contribution in [1.82, 2.24) is 0 Å². The molecule has 5 heteroatoms. The molecule has 2 N–H and O–H groups in total. The summed E-state index contributed by atoms with van der Waals surface area (Å²) in [4.78, 5) is 26.5. The van der Waals surface area contributed by atoms with Crippen LogP contribution in [0.15, 0.2) is 42.5 Å². The average Bonchev–Trinajstić information content (AvgIpc) is 2.63. The molecule has 5 nitrogen and oxygen atoms in total. The smallest absolute Gasteiger partial charge is 0.312 e. The van der Waals surface area contributed by atoms with Crippen molar-refractivity contribution in [1.29, 1.82) is 0 Å². The summed E-state index contributed by atoms with van der Waals surface area (Å²) in [5.41, 5.74) is 4.60. The minimum absolute atomic E-state index is 0.0744. The number of nitrogens with one attached hydrogen (secondary N) is 2. The van der Waals surface area contributed by atoms with Gasteiger partial charge in [-0.1, -0.05) is 39.0 Å². The van der Waals surface area contributed by atoms with Crippen LogP contribution in [-0.4, -0.2) is 18.5 Å². The lowest BCUT2D eigenvalue weighted by Gasteiger charge is -2.28. The maximum atomic E-state index is 12.4. The van der Waals surface area contributed by atoms with E-state index in [-0.39, 0.29) is 17.4 Å². The molecule has 0 atom stereocenters. The van der Waals surface area contributed by atoms with E-state index in [1.54, 1.807) is 0 Å². The first-order chi connectivity index (χ1) is 13.2. The van der Waals surface area contributed by atoms with Gasteiger partial charge in [0.05, 0.1) is 0 Å². The van der Waals surface area contributed by atoms with Crippen LogP contribution < -0.4 is 15.5 Å². The Labute approximate surface area is 167 Å². The van der Waals surface area contributed by atoms with Crippen LogP contribution in [0, 0.1) is 6.92 Å². The summed E-state index contributed by atoms with van der Waals surface area (Å²) >= 11 is 0. The monoisotopic (exact) mass is 379 g/mol. The zero-order valence-corrected chi connectivity index (χ0v) is 17.1. The minimum atomic E-state index is -0.303. The van der Waals surface area contributed by atoms with Gasteiger partial charge in [-0.05, 0) is 60.6 Å². The number of aryl methyl sites for hydroxylation is 1. The van der Waals surface area contributed by atoms with Crippen LogP contribution in [0.25, 0.3) is 0 Å². The molecule has 2 aromatic rings. The van der Waals surface area contributed by atoms with Crippen molar-refractivity contribution in [2.75, 3.05) is 22.1 Å². The van der Waals surface area contributed by atoms with E-state index in [2.05, 4.69) is 31.4 Å². The van der Waals surface area contributed by atoms with Crippen LogP contribution in [0.3, 0.4) is 0 Å². The summed E-state index contributed by atoms with van der Waals surface area (Å²) in [6, 6.07) is 13.2. The SMILES string of the molecule is Cc1ccc(NC(=O)Nc2ccc(C(C)(C)C)cc2)cc1N1CCCCC1=O. The Bertz CT molecular complexity index is 866. The Morgan fingerprint density at radius 3 is 2.25 bits per heavy atom. The maximum Gasteiger partial charge on any atom is 0.323 e. The van der Waals surface area contributed by atoms with Crippen molar-refractivity contribution < 1.29 is 9.59 Å². The number of anilines is 3. The Hall–Kier alpha value is -2.82. The van der Waals surface area contributed by atoms with Crippen LogP contribution in [0.1, 0.15) is 51.2 Å². The van der Waals surface area contributed by atoms with Gasteiger partial charge in [-0.15, -0.1) is 0 Å². The van der Waals surface area contributed by atoms with E-state index >= 15 is 0 Å². The van der Waals surface area contributed by atoms with Gasteiger partial charge < -0.3 is 15.5 Å². The molecule has 0 aromatic heterocycles. The predicted octanol–water partition coefficient (Wildman–Crippen LogP) is 5.45. The maximum absolute atomic E-state index is 12.4. The molecule has 3 amide bonds. The fourth-order valence-corrected chi connectivity index (χ4v) is 3.39. The summed E-state index contributed by atoms with van der Waals surface area (Å²) in [6.45, 7) is 9.19. The lowest BCUT2D eigenvalue weighted by atomic mass is 9.87. The molecule has 0 unspecified atom stereocenters. The number of piperidine rings is 1. The van der Waals surface area contributed by atoms with Crippen molar-refractivity contribution in [3.63, 3.8) is 0 Å². The fraction of sp³-hybridized carbons (Fsp3) is 0.391. The van der Waals surface area contributed by atoms with E-state index in [0.29, 0.717) is 12.1 Å². The topological polar surface area (TPSA) is 61.4 Å². The number of rotatable bonds is 3. The number of carbonyl (C=O) groups is 2. The van der Waals surface area contributed by atoms with Gasteiger partial charge in [-0.3, -0.25) is 4.79 Å². The molecule has 1 saturated heterocycles. The Morgan fingerprint density at radius 1 is 0.964 bits per heavy atom. The number of nitrogens with zero attached hydrogens (tertiary/aromatic N) is 1. The van der Waals surface area contributed by atoms with Crippen molar-refractivity contribution in [3.8, 4) is 0 Å². The molecular weight excluding hydrogens is 350 g/mol. The molecule has 0 aliphatic carbocycles. The van der Waals surface area contributed by atoms with Crippen LogP contribution in [0.5, 0.6) is 0 Å². The van der Waals surface area contributed by atoms with Crippen LogP contribution in [0.4, 0.5) is 21.9 Å². The summed E-state index contributed by atoms with van der Waals surface area (Å²) in [5.74, 6) is 0.148. The van der Waals surface area contributed by atoms with Gasteiger partial charge in [-0.25, -0.2) is 4.79 Å². The highest BCUT2D eigenvalue weighted by Gasteiger charge is 2.21. The number of hydrogen-bond donors (Lipinski definition) is 2. The second kappa shape index (κ2) is 8.05. The molecular formula is C23H29N3O2. The number of amides is 3. The van der Waals surface area contributed by atoms with E-state index in [1.807, 2.05) is 54.3 Å². The average molecular weight is 380 g/mol. The summed E-state index contributed by atoms with van der Waals surface area (Å²) in [7, 11) is 0. The minimum Gasteiger partial charge on any atom is -0.312 e. The first kappa shape index (κ1) is 19.9. The van der Waals surface area contributed by atoms with E-state index in [0.717, 1.165) is 36.3 Å². The number of hydrogen-bond acceptors (Lipinski definition) is 2. The van der Waals surface area contributed by atoms with E-state index in [1.165, 1.54) is 5.56 Å². The molecule has 148 valence electrons. The first-order valence-electron chi connectivity index (χ1n) is 9.83. The van der Waals surface area contributed by atoms with Crippen molar-refractivity contribution >= 4 is 29.0 Å². The molecule has 0 spiro atoms.